The molecule has 16 heavy (non-hydrogen) atoms. The van der Waals surface area contributed by atoms with Crippen LogP contribution in [-0.2, 0) is 4.79 Å². The first-order valence-electron chi connectivity index (χ1n) is 5.62. The molecule has 0 N–H and O–H groups in total. The summed E-state index contributed by atoms with van der Waals surface area (Å²) in [6.45, 7) is 2.65. The van der Waals surface area contributed by atoms with Crippen molar-refractivity contribution in [2.24, 2.45) is 0 Å². The molecule has 0 unspecified atom stereocenters. The largest absolute Gasteiger partial charge is 0.375 e. The van der Waals surface area contributed by atoms with Gasteiger partial charge in [-0.25, -0.2) is 4.39 Å². The fourth-order valence-corrected chi connectivity index (χ4v) is 1.53. The van der Waals surface area contributed by atoms with Crippen LogP contribution in [0.25, 0.3) is 0 Å². The zero-order valence-corrected chi connectivity index (χ0v) is 9.87. The minimum Gasteiger partial charge on any atom is -0.375 e. The summed E-state index contributed by atoms with van der Waals surface area (Å²) < 4.78 is 13.0. The number of benzene rings is 1. The monoisotopic (exact) mass is 223 g/mol. The summed E-state index contributed by atoms with van der Waals surface area (Å²) in [5.74, 6) is 0.0571. The number of anilines is 1. The van der Waals surface area contributed by atoms with Gasteiger partial charge in [0.25, 0.3) is 0 Å². The van der Waals surface area contributed by atoms with Crippen LogP contribution in [-0.4, -0.2) is 19.4 Å². The fourth-order valence-electron chi connectivity index (χ4n) is 1.53. The normalized spacial score (nSPS) is 10.2. The van der Waals surface area contributed by atoms with E-state index in [1.165, 1.54) is 12.1 Å². The van der Waals surface area contributed by atoms with Crippen LogP contribution < -0.4 is 4.90 Å². The van der Waals surface area contributed by atoms with Gasteiger partial charge in [0.2, 0.25) is 0 Å². The van der Waals surface area contributed by atoms with Gasteiger partial charge in [-0.15, -0.1) is 0 Å². The Labute approximate surface area is 96.1 Å². The third-order valence-corrected chi connectivity index (χ3v) is 2.59. The van der Waals surface area contributed by atoms with Crippen molar-refractivity contribution in [2.45, 2.75) is 26.2 Å². The predicted octanol–water partition coefficient (Wildman–Crippen LogP) is 3.02. The quantitative estimate of drug-likeness (QED) is 0.738. The third kappa shape index (κ3) is 4.01. The molecule has 0 aliphatic heterocycles. The van der Waals surface area contributed by atoms with Crippen LogP contribution in [0.3, 0.4) is 0 Å². The summed E-state index contributed by atoms with van der Waals surface area (Å²) in [5, 5.41) is 0. The molecule has 1 aromatic carbocycles. The van der Waals surface area contributed by atoms with Crippen LogP contribution in [0.2, 0.25) is 0 Å². The Kier molecular flexibility index (Phi) is 4.96. The molecule has 1 rings (SSSR count). The first-order valence-corrected chi connectivity index (χ1v) is 5.62. The molecule has 0 bridgehead atoms. The second-order valence-corrected chi connectivity index (χ2v) is 3.90. The molecule has 0 aliphatic rings. The van der Waals surface area contributed by atoms with Crippen molar-refractivity contribution in [3.63, 3.8) is 0 Å². The first kappa shape index (κ1) is 12.7. The highest BCUT2D eigenvalue weighted by Crippen LogP contribution is 2.14. The van der Waals surface area contributed by atoms with E-state index >= 15 is 0 Å². The van der Waals surface area contributed by atoms with Crippen molar-refractivity contribution in [1.82, 2.24) is 0 Å². The predicted molar refractivity (Wildman–Crippen MR) is 64.2 cm³/mol. The van der Waals surface area contributed by atoms with Gasteiger partial charge in [-0.1, -0.05) is 13.0 Å². The topological polar surface area (TPSA) is 20.3 Å². The lowest BCUT2D eigenvalue weighted by atomic mass is 10.2. The molecule has 1 aromatic rings. The molecule has 88 valence electrons. The molecule has 0 radical (unpaired) electrons. The second kappa shape index (κ2) is 6.26. The molecule has 0 heterocycles. The standard InChI is InChI=1S/C13H18FNO/c1-3-13(16)8-5-9-15(2)12-7-4-6-11(14)10-12/h4,6-7,10H,3,5,8-9H2,1-2H3. The SMILES string of the molecule is CCC(=O)CCCN(C)c1cccc(F)c1. The summed E-state index contributed by atoms with van der Waals surface area (Å²) in [5.41, 5.74) is 0.851. The number of halogens is 1. The molecule has 0 fully saturated rings. The van der Waals surface area contributed by atoms with Crippen molar-refractivity contribution >= 4 is 11.5 Å². The van der Waals surface area contributed by atoms with Gasteiger partial charge in [-0.2, -0.15) is 0 Å². The Morgan fingerprint density at radius 3 is 2.81 bits per heavy atom. The van der Waals surface area contributed by atoms with E-state index in [4.69, 9.17) is 0 Å². The average Bonchev–Trinajstić information content (AvgIpc) is 2.28. The molecular formula is C13H18FNO. The van der Waals surface area contributed by atoms with E-state index in [9.17, 15) is 9.18 Å². The Balaban J connectivity index is 2.40. The molecular weight excluding hydrogens is 205 g/mol. The average molecular weight is 223 g/mol. The molecule has 0 saturated heterocycles. The molecule has 0 spiro atoms. The number of hydrogen-bond donors (Lipinski definition) is 0. The summed E-state index contributed by atoms with van der Waals surface area (Å²) >= 11 is 0. The number of Topliss-reactive ketones (excluding diaryl/α,β-unsaturated/α-hetero) is 1. The van der Waals surface area contributed by atoms with Crippen molar-refractivity contribution in [2.75, 3.05) is 18.5 Å². The van der Waals surface area contributed by atoms with Gasteiger partial charge in [0.1, 0.15) is 11.6 Å². The Bertz CT molecular complexity index is 352. The number of hydrogen-bond acceptors (Lipinski definition) is 2. The Hall–Kier alpha value is -1.38. The van der Waals surface area contributed by atoms with Gasteiger partial charge in [-0.05, 0) is 24.6 Å². The van der Waals surface area contributed by atoms with Crippen LogP contribution in [0, 0.1) is 5.82 Å². The molecule has 0 amide bonds. The number of carbonyl (C=O) groups excluding carboxylic acids is 1. The smallest absolute Gasteiger partial charge is 0.132 e. The highest BCUT2D eigenvalue weighted by Gasteiger charge is 2.03. The lowest BCUT2D eigenvalue weighted by molar-refractivity contribution is -0.118. The van der Waals surface area contributed by atoms with Crippen LogP contribution in [0.5, 0.6) is 0 Å². The molecule has 0 aromatic heterocycles. The fraction of sp³-hybridized carbons (Fsp3) is 0.462. The van der Waals surface area contributed by atoms with E-state index in [0.29, 0.717) is 12.8 Å². The lowest BCUT2D eigenvalue weighted by Crippen LogP contribution is -2.19. The highest BCUT2D eigenvalue weighted by molar-refractivity contribution is 5.77. The minimum absolute atomic E-state index is 0.228. The molecule has 3 heteroatoms. The summed E-state index contributed by atoms with van der Waals surface area (Å²) in [7, 11) is 1.91. The van der Waals surface area contributed by atoms with Crippen LogP contribution in [0.4, 0.5) is 10.1 Å². The van der Waals surface area contributed by atoms with Gasteiger partial charge >= 0.3 is 0 Å². The summed E-state index contributed by atoms with van der Waals surface area (Å²) in [6.07, 6.45) is 2.03. The van der Waals surface area contributed by atoms with Crippen molar-refractivity contribution in [3.8, 4) is 0 Å². The van der Waals surface area contributed by atoms with Crippen LogP contribution in [0.1, 0.15) is 26.2 Å². The van der Waals surface area contributed by atoms with E-state index < -0.39 is 0 Å². The van der Waals surface area contributed by atoms with Gasteiger partial charge in [0.15, 0.2) is 0 Å². The molecule has 0 aliphatic carbocycles. The van der Waals surface area contributed by atoms with Crippen molar-refractivity contribution in [1.29, 1.82) is 0 Å². The second-order valence-electron chi connectivity index (χ2n) is 3.90. The van der Waals surface area contributed by atoms with E-state index in [1.54, 1.807) is 6.07 Å². The van der Waals surface area contributed by atoms with Crippen LogP contribution >= 0.6 is 0 Å². The zero-order chi connectivity index (χ0) is 12.0. The van der Waals surface area contributed by atoms with E-state index in [2.05, 4.69) is 0 Å². The highest BCUT2D eigenvalue weighted by atomic mass is 19.1. The van der Waals surface area contributed by atoms with Crippen LogP contribution in [0.15, 0.2) is 24.3 Å². The van der Waals surface area contributed by atoms with Gasteiger partial charge < -0.3 is 4.90 Å². The van der Waals surface area contributed by atoms with E-state index in [-0.39, 0.29) is 11.6 Å². The number of rotatable bonds is 6. The molecule has 2 nitrogen and oxygen atoms in total. The third-order valence-electron chi connectivity index (χ3n) is 2.59. The van der Waals surface area contributed by atoms with Crippen molar-refractivity contribution in [3.05, 3.63) is 30.1 Å². The minimum atomic E-state index is -0.228. The lowest BCUT2D eigenvalue weighted by Gasteiger charge is -2.18. The van der Waals surface area contributed by atoms with E-state index in [1.807, 2.05) is 24.9 Å². The Morgan fingerprint density at radius 2 is 2.19 bits per heavy atom. The molecule has 0 atom stereocenters. The maximum absolute atomic E-state index is 13.0. The van der Waals surface area contributed by atoms with Gasteiger partial charge in [0.05, 0.1) is 0 Å². The molecule has 0 saturated carbocycles. The number of carbonyl (C=O) groups is 1. The zero-order valence-electron chi connectivity index (χ0n) is 9.87. The number of nitrogens with zero attached hydrogens (tertiary/aromatic N) is 1. The summed E-state index contributed by atoms with van der Waals surface area (Å²) in [4.78, 5) is 13.1. The van der Waals surface area contributed by atoms with Crippen molar-refractivity contribution < 1.29 is 9.18 Å². The Morgan fingerprint density at radius 1 is 1.44 bits per heavy atom. The number of ketones is 1. The maximum atomic E-state index is 13.0. The van der Waals surface area contributed by atoms with Gasteiger partial charge in [-0.3, -0.25) is 4.79 Å². The summed E-state index contributed by atoms with van der Waals surface area (Å²) in [6, 6.07) is 6.49. The first-order chi connectivity index (χ1) is 7.63. The van der Waals surface area contributed by atoms with Gasteiger partial charge in [0, 0.05) is 32.1 Å². The van der Waals surface area contributed by atoms with E-state index in [0.717, 1.165) is 18.7 Å². The maximum Gasteiger partial charge on any atom is 0.132 e.